The van der Waals surface area contributed by atoms with Crippen LogP contribution in [0.2, 0.25) is 0 Å². The standard InChI is InChI=1S/C26H28N4O4/c1-18(2)15-28-17-27-24-23(28)25(32)29(26(33)30(24)16-20-9-5-4-6-10-20)13-14-34-22-12-8-7-11-21(22)19(3)31/h4-12,17-18H,13-16H2,1-3H3. The molecule has 0 atom stereocenters. The fourth-order valence-electron chi connectivity index (χ4n) is 4.01. The van der Waals surface area contributed by atoms with Gasteiger partial charge in [0, 0.05) is 6.54 Å². The van der Waals surface area contributed by atoms with Crippen molar-refractivity contribution in [2.24, 2.45) is 5.92 Å². The van der Waals surface area contributed by atoms with Crippen LogP contribution >= 0.6 is 0 Å². The Kier molecular flexibility index (Phi) is 6.77. The lowest BCUT2D eigenvalue weighted by Crippen LogP contribution is -2.42. The summed E-state index contributed by atoms with van der Waals surface area (Å²) in [7, 11) is 0. The number of hydrogen-bond acceptors (Lipinski definition) is 5. The van der Waals surface area contributed by atoms with Crippen LogP contribution < -0.4 is 16.0 Å². The zero-order valence-electron chi connectivity index (χ0n) is 19.6. The van der Waals surface area contributed by atoms with Gasteiger partial charge in [-0.3, -0.25) is 18.7 Å². The van der Waals surface area contributed by atoms with E-state index in [1.165, 1.54) is 16.1 Å². The molecule has 2 heterocycles. The number of carbonyl (C=O) groups excluding carboxylic acids is 1. The summed E-state index contributed by atoms with van der Waals surface area (Å²) in [6.07, 6.45) is 1.62. The van der Waals surface area contributed by atoms with Crippen molar-refractivity contribution < 1.29 is 9.53 Å². The van der Waals surface area contributed by atoms with Crippen LogP contribution in [0.3, 0.4) is 0 Å². The molecule has 8 nitrogen and oxygen atoms in total. The van der Waals surface area contributed by atoms with Crippen LogP contribution in [-0.2, 0) is 19.6 Å². The van der Waals surface area contributed by atoms with E-state index in [-0.39, 0.29) is 18.9 Å². The first-order valence-corrected chi connectivity index (χ1v) is 11.3. The average molecular weight is 461 g/mol. The predicted molar refractivity (Wildman–Crippen MR) is 131 cm³/mol. The molecule has 176 valence electrons. The number of nitrogens with zero attached hydrogens (tertiary/aromatic N) is 4. The minimum atomic E-state index is -0.445. The van der Waals surface area contributed by atoms with Gasteiger partial charge in [-0.15, -0.1) is 0 Å². The van der Waals surface area contributed by atoms with Gasteiger partial charge in [0.2, 0.25) is 0 Å². The molecular formula is C26H28N4O4. The van der Waals surface area contributed by atoms with Gasteiger partial charge < -0.3 is 9.30 Å². The molecule has 0 aliphatic heterocycles. The van der Waals surface area contributed by atoms with Gasteiger partial charge in [0.05, 0.1) is 25.0 Å². The number of rotatable bonds is 9. The molecule has 0 unspecified atom stereocenters. The maximum Gasteiger partial charge on any atom is 0.333 e. The highest BCUT2D eigenvalue weighted by Crippen LogP contribution is 2.18. The quantitative estimate of drug-likeness (QED) is 0.358. The molecule has 0 saturated heterocycles. The van der Waals surface area contributed by atoms with Crippen LogP contribution in [0.4, 0.5) is 0 Å². The van der Waals surface area contributed by atoms with Crippen molar-refractivity contribution in [3.8, 4) is 5.75 Å². The summed E-state index contributed by atoms with van der Waals surface area (Å²) in [6, 6.07) is 16.5. The Hall–Kier alpha value is -3.94. The fourth-order valence-corrected chi connectivity index (χ4v) is 4.01. The van der Waals surface area contributed by atoms with Gasteiger partial charge in [-0.25, -0.2) is 9.78 Å². The molecule has 34 heavy (non-hydrogen) atoms. The highest BCUT2D eigenvalue weighted by Gasteiger charge is 2.19. The van der Waals surface area contributed by atoms with Crippen molar-refractivity contribution in [1.82, 2.24) is 18.7 Å². The van der Waals surface area contributed by atoms with Crippen molar-refractivity contribution in [2.45, 2.75) is 40.4 Å². The number of ketones is 1. The molecule has 0 saturated carbocycles. The van der Waals surface area contributed by atoms with Crippen LogP contribution in [0.5, 0.6) is 5.75 Å². The van der Waals surface area contributed by atoms with E-state index in [0.717, 1.165) is 5.56 Å². The first-order chi connectivity index (χ1) is 16.4. The number of Topliss-reactive ketones (excluding diaryl/α,β-unsaturated/α-hetero) is 1. The van der Waals surface area contributed by atoms with E-state index < -0.39 is 11.2 Å². The van der Waals surface area contributed by atoms with E-state index in [4.69, 9.17) is 4.74 Å². The summed E-state index contributed by atoms with van der Waals surface area (Å²) in [4.78, 5) is 43.1. The first kappa shape index (κ1) is 23.2. The minimum Gasteiger partial charge on any atom is -0.491 e. The molecule has 0 aliphatic rings. The third kappa shape index (κ3) is 4.71. The number of hydrogen-bond donors (Lipinski definition) is 0. The lowest BCUT2D eigenvalue weighted by Gasteiger charge is -2.14. The van der Waals surface area contributed by atoms with Gasteiger partial charge in [0.25, 0.3) is 5.56 Å². The van der Waals surface area contributed by atoms with E-state index in [0.29, 0.717) is 41.5 Å². The molecule has 0 radical (unpaired) electrons. The Bertz CT molecular complexity index is 1430. The highest BCUT2D eigenvalue weighted by atomic mass is 16.5. The Morgan fingerprint density at radius 2 is 1.71 bits per heavy atom. The van der Waals surface area contributed by atoms with Crippen LogP contribution in [0, 0.1) is 5.92 Å². The van der Waals surface area contributed by atoms with Gasteiger partial charge in [0.1, 0.15) is 12.4 Å². The molecule has 0 fully saturated rings. The van der Waals surface area contributed by atoms with Gasteiger partial charge in [-0.2, -0.15) is 0 Å². The van der Waals surface area contributed by atoms with Crippen molar-refractivity contribution in [3.05, 3.63) is 92.9 Å². The number of imidazole rings is 1. The van der Waals surface area contributed by atoms with Crippen molar-refractivity contribution >= 4 is 16.9 Å². The molecule has 4 rings (SSSR count). The van der Waals surface area contributed by atoms with Gasteiger partial charge in [-0.05, 0) is 30.5 Å². The Morgan fingerprint density at radius 3 is 2.41 bits per heavy atom. The monoisotopic (exact) mass is 460 g/mol. The average Bonchev–Trinajstić information content (AvgIpc) is 3.22. The van der Waals surface area contributed by atoms with Crippen LogP contribution in [0.1, 0.15) is 36.7 Å². The smallest absolute Gasteiger partial charge is 0.333 e. The largest absolute Gasteiger partial charge is 0.491 e. The van der Waals surface area contributed by atoms with Crippen molar-refractivity contribution in [1.29, 1.82) is 0 Å². The van der Waals surface area contributed by atoms with E-state index in [1.54, 1.807) is 30.6 Å². The summed E-state index contributed by atoms with van der Waals surface area (Å²) in [6.45, 7) is 6.60. The Labute approximate surface area is 197 Å². The van der Waals surface area contributed by atoms with E-state index >= 15 is 0 Å². The molecule has 0 amide bonds. The Balaban J connectivity index is 1.74. The maximum absolute atomic E-state index is 13.4. The van der Waals surface area contributed by atoms with Crippen molar-refractivity contribution in [2.75, 3.05) is 6.61 Å². The molecule has 0 spiro atoms. The third-order valence-corrected chi connectivity index (χ3v) is 5.57. The van der Waals surface area contributed by atoms with E-state index in [1.807, 2.05) is 34.9 Å². The number of para-hydroxylation sites is 1. The number of aromatic nitrogens is 4. The van der Waals surface area contributed by atoms with Crippen LogP contribution in [0.15, 0.2) is 70.5 Å². The molecular weight excluding hydrogens is 432 g/mol. The predicted octanol–water partition coefficient (Wildman–Crippen LogP) is 3.35. The number of benzene rings is 2. The maximum atomic E-state index is 13.4. The molecule has 2 aromatic carbocycles. The molecule has 8 heteroatoms. The second-order valence-electron chi connectivity index (χ2n) is 8.67. The lowest BCUT2D eigenvalue weighted by atomic mass is 10.1. The molecule has 0 N–H and O–H groups in total. The molecule has 0 aliphatic carbocycles. The van der Waals surface area contributed by atoms with Gasteiger partial charge >= 0.3 is 5.69 Å². The molecule has 0 bridgehead atoms. The summed E-state index contributed by atoms with van der Waals surface area (Å²) in [5.41, 5.74) is 1.32. The summed E-state index contributed by atoms with van der Waals surface area (Å²) < 4.78 is 10.3. The number of ether oxygens (including phenoxy) is 1. The van der Waals surface area contributed by atoms with E-state index in [9.17, 15) is 14.4 Å². The first-order valence-electron chi connectivity index (χ1n) is 11.3. The van der Waals surface area contributed by atoms with Crippen molar-refractivity contribution in [3.63, 3.8) is 0 Å². The van der Waals surface area contributed by atoms with Gasteiger partial charge in [0.15, 0.2) is 16.9 Å². The fraction of sp³-hybridized carbons (Fsp3) is 0.308. The van der Waals surface area contributed by atoms with Crippen LogP contribution in [0.25, 0.3) is 11.2 Å². The molecule has 4 aromatic rings. The zero-order valence-corrected chi connectivity index (χ0v) is 19.6. The normalized spacial score (nSPS) is 11.3. The number of fused-ring (bicyclic) bond motifs is 1. The molecule has 2 aromatic heterocycles. The summed E-state index contributed by atoms with van der Waals surface area (Å²) in [5, 5.41) is 0. The van der Waals surface area contributed by atoms with Crippen LogP contribution in [-0.4, -0.2) is 31.1 Å². The highest BCUT2D eigenvalue weighted by molar-refractivity contribution is 5.96. The zero-order chi connectivity index (χ0) is 24.2. The SMILES string of the molecule is CC(=O)c1ccccc1OCCn1c(=O)c2c(ncn2CC(C)C)n(Cc2ccccc2)c1=O. The third-order valence-electron chi connectivity index (χ3n) is 5.57. The second kappa shape index (κ2) is 9.91. The second-order valence-corrected chi connectivity index (χ2v) is 8.67. The Morgan fingerprint density at radius 1 is 1.00 bits per heavy atom. The topological polar surface area (TPSA) is 88.1 Å². The number of carbonyl (C=O) groups is 1. The summed E-state index contributed by atoms with van der Waals surface area (Å²) >= 11 is 0. The lowest BCUT2D eigenvalue weighted by molar-refractivity contribution is 0.101. The van der Waals surface area contributed by atoms with Gasteiger partial charge in [-0.1, -0.05) is 56.3 Å². The van der Waals surface area contributed by atoms with E-state index in [2.05, 4.69) is 18.8 Å². The summed E-state index contributed by atoms with van der Waals surface area (Å²) in [5.74, 6) is 0.613. The minimum absolute atomic E-state index is 0.0431.